The van der Waals surface area contributed by atoms with E-state index >= 15 is 0 Å². The first-order valence-corrected chi connectivity index (χ1v) is 16.5. The van der Waals surface area contributed by atoms with E-state index in [9.17, 15) is 14.4 Å². The average Bonchev–Trinajstić information content (AvgIpc) is 2.99. The zero-order valence-corrected chi connectivity index (χ0v) is 24.5. The van der Waals surface area contributed by atoms with Crippen molar-refractivity contribution in [1.82, 2.24) is 0 Å². The fraction of sp³-hybridized carbons (Fsp3) is 0.250. The van der Waals surface area contributed by atoms with Gasteiger partial charge in [-0.25, -0.2) is 14.4 Å². The maximum atomic E-state index is 13.2. The first-order valence-electron chi connectivity index (χ1n) is 11.9. The molecule has 8 nitrogen and oxygen atoms in total. The molecule has 0 spiro atoms. The average molecular weight is 681 g/mol. The van der Waals surface area contributed by atoms with Gasteiger partial charge in [0.1, 0.15) is 24.3 Å². The summed E-state index contributed by atoms with van der Waals surface area (Å²) in [6, 6.07) is 25.4. The molecule has 1 aliphatic heterocycles. The Kier molecular flexibility index (Phi) is 11.1. The summed E-state index contributed by atoms with van der Waals surface area (Å²) in [6.07, 6.45) is -2.15. The Morgan fingerprint density at radius 2 is 1.18 bits per heavy atom. The van der Waals surface area contributed by atoms with Crippen LogP contribution in [0.1, 0.15) is 31.1 Å². The van der Waals surface area contributed by atoms with E-state index in [4.69, 9.17) is 23.1 Å². The predicted molar refractivity (Wildman–Crippen MR) is 157 cm³/mol. The van der Waals surface area contributed by atoms with E-state index < -0.39 is 47.8 Å². The van der Waals surface area contributed by atoms with E-state index in [0.717, 1.165) is 9.21 Å². The molecule has 204 valence electrons. The van der Waals surface area contributed by atoms with Crippen molar-refractivity contribution < 1.29 is 37.5 Å². The highest BCUT2D eigenvalue weighted by Gasteiger charge is 2.52. The molecular weight excluding hydrogens is 655 g/mol. The van der Waals surface area contributed by atoms with Crippen molar-refractivity contribution in [2.75, 3.05) is 12.9 Å². The van der Waals surface area contributed by atoms with Gasteiger partial charge in [0, 0.05) is 21.2 Å². The molecular formula is C28H25IO8S2. The Hall–Kier alpha value is -2.58. The minimum atomic E-state index is -1.15. The van der Waals surface area contributed by atoms with Gasteiger partial charge in [-0.3, -0.25) is 4.18 Å². The lowest BCUT2D eigenvalue weighted by atomic mass is 9.99. The quantitative estimate of drug-likeness (QED) is 0.114. The van der Waals surface area contributed by atoms with Gasteiger partial charge in [0.15, 0.2) is 12.2 Å². The van der Waals surface area contributed by atoms with E-state index in [-0.39, 0.29) is 6.61 Å². The van der Waals surface area contributed by atoms with Crippen molar-refractivity contribution in [2.45, 2.75) is 29.9 Å². The number of carbonyl (C=O) groups excluding carboxylic acids is 3. The number of ether oxygens (including phenoxy) is 4. The lowest BCUT2D eigenvalue weighted by molar-refractivity contribution is -0.198. The monoisotopic (exact) mass is 680 g/mol. The van der Waals surface area contributed by atoms with Crippen LogP contribution in [0.5, 0.6) is 0 Å². The normalized spacial score (nSPS) is 22.5. The number of halogens is 1. The first-order chi connectivity index (χ1) is 19.0. The van der Waals surface area contributed by atoms with Crippen molar-refractivity contribution in [1.29, 1.82) is 0 Å². The summed E-state index contributed by atoms with van der Waals surface area (Å²) in [7, 11) is 1.05. The Labute approximate surface area is 246 Å². The number of benzene rings is 3. The third kappa shape index (κ3) is 7.76. The van der Waals surface area contributed by atoms with Crippen LogP contribution < -0.4 is 0 Å². The summed E-state index contributed by atoms with van der Waals surface area (Å²) < 4.78 is 29.5. The molecule has 0 aliphatic carbocycles. The summed E-state index contributed by atoms with van der Waals surface area (Å²) in [6.45, 7) is -0.249. The third-order valence-corrected chi connectivity index (χ3v) is 7.63. The molecule has 0 aromatic heterocycles. The van der Waals surface area contributed by atoms with Gasteiger partial charge in [-0.05, 0) is 42.7 Å². The maximum Gasteiger partial charge on any atom is 0.338 e. The molecule has 0 N–H and O–H groups in total. The van der Waals surface area contributed by atoms with Crippen LogP contribution in [0, 0.1) is 0 Å². The fourth-order valence-electron chi connectivity index (χ4n) is 3.97. The van der Waals surface area contributed by atoms with Crippen LogP contribution in [-0.4, -0.2) is 60.6 Å². The Bertz CT molecular complexity index is 1230. The number of carbonyl (C=O) groups is 3. The van der Waals surface area contributed by atoms with E-state index in [1.165, 1.54) is 11.8 Å². The van der Waals surface area contributed by atoms with Gasteiger partial charge in [-0.2, -0.15) is 0 Å². The largest absolute Gasteiger partial charge is 0.459 e. The maximum absolute atomic E-state index is 13.2. The van der Waals surface area contributed by atoms with Crippen LogP contribution in [0.3, 0.4) is 0 Å². The molecule has 1 fully saturated rings. The molecule has 11 heteroatoms. The molecule has 1 saturated heterocycles. The third-order valence-electron chi connectivity index (χ3n) is 5.86. The Morgan fingerprint density at radius 1 is 0.718 bits per heavy atom. The van der Waals surface area contributed by atoms with Crippen LogP contribution in [-0.2, 0) is 23.1 Å². The molecule has 1 heterocycles. The van der Waals surface area contributed by atoms with Crippen LogP contribution in [0.4, 0.5) is 0 Å². The van der Waals surface area contributed by atoms with Crippen molar-refractivity contribution >= 4 is 60.1 Å². The van der Waals surface area contributed by atoms with Gasteiger partial charge in [0.25, 0.3) is 0 Å². The summed E-state index contributed by atoms with van der Waals surface area (Å²) in [5.41, 5.74) is 0.374. The molecule has 0 radical (unpaired) electrons. The molecule has 0 amide bonds. The minimum absolute atomic E-state index is 0.249. The van der Waals surface area contributed by atoms with Crippen molar-refractivity contribution in [3.05, 3.63) is 108 Å². The molecule has 5 atom stereocenters. The molecule has 1 aliphatic rings. The highest BCUT2D eigenvalue weighted by molar-refractivity contribution is 14.2. The number of thioether (sulfide) groups is 1. The predicted octanol–water partition coefficient (Wildman–Crippen LogP) is 5.77. The van der Waals surface area contributed by atoms with E-state index in [2.05, 4.69) is 0 Å². The van der Waals surface area contributed by atoms with Crippen molar-refractivity contribution in [2.24, 2.45) is 0 Å². The van der Waals surface area contributed by atoms with Gasteiger partial charge < -0.3 is 18.9 Å². The lowest BCUT2D eigenvalue weighted by Gasteiger charge is -2.43. The molecule has 3 aromatic rings. The highest BCUT2D eigenvalue weighted by atomic mass is 127. The van der Waals surface area contributed by atoms with Crippen molar-refractivity contribution in [3.8, 4) is 0 Å². The smallest absolute Gasteiger partial charge is 0.338 e. The van der Waals surface area contributed by atoms with Gasteiger partial charge in [-0.15, -0.1) is 11.8 Å². The van der Waals surface area contributed by atoms with Crippen LogP contribution >= 0.6 is 42.2 Å². The van der Waals surface area contributed by atoms with E-state index in [1.54, 1.807) is 91.0 Å². The number of rotatable bonds is 10. The first kappa shape index (κ1) is 29.4. The topological polar surface area (TPSA) is 97.4 Å². The fourth-order valence-corrected chi connectivity index (χ4v) is 5.79. The SMILES string of the molecule is CSC1OC(COC(=O)c2ccccc2)C(OC(=O)c2ccccc2)C(OC(=O)c2ccccc2)C1OSI. The van der Waals surface area contributed by atoms with Crippen LogP contribution in [0.2, 0.25) is 0 Å². The van der Waals surface area contributed by atoms with E-state index in [1.807, 2.05) is 27.5 Å². The Morgan fingerprint density at radius 3 is 1.64 bits per heavy atom. The molecule has 0 saturated carbocycles. The standard InChI is InChI=1S/C28H25IO8S2/c1-38-28-24(37-39-29)23(36-27(32)20-15-9-4-10-16-20)22(35-26(31)19-13-7-3-8-14-19)21(34-28)17-33-25(30)18-11-5-2-6-12-18/h2-16,21-24,28H,17H2,1H3. The molecule has 4 rings (SSSR count). The van der Waals surface area contributed by atoms with Gasteiger partial charge in [0.2, 0.25) is 0 Å². The highest BCUT2D eigenvalue weighted by Crippen LogP contribution is 2.36. The van der Waals surface area contributed by atoms with Gasteiger partial charge in [-0.1, -0.05) is 54.6 Å². The molecule has 39 heavy (non-hydrogen) atoms. The zero-order valence-electron chi connectivity index (χ0n) is 20.7. The summed E-state index contributed by atoms with van der Waals surface area (Å²) in [5, 5.41) is 0. The molecule has 0 bridgehead atoms. The van der Waals surface area contributed by atoms with Crippen molar-refractivity contribution in [3.63, 3.8) is 0 Å². The van der Waals surface area contributed by atoms with Crippen LogP contribution in [0.25, 0.3) is 0 Å². The molecule has 5 unspecified atom stereocenters. The second-order valence-electron chi connectivity index (χ2n) is 8.34. The zero-order chi connectivity index (χ0) is 27.6. The van der Waals surface area contributed by atoms with Crippen LogP contribution in [0.15, 0.2) is 91.0 Å². The number of hydrogen-bond donors (Lipinski definition) is 0. The Balaban J connectivity index is 1.65. The number of hydrogen-bond acceptors (Lipinski definition) is 10. The second-order valence-corrected chi connectivity index (χ2v) is 10.7. The summed E-state index contributed by atoms with van der Waals surface area (Å²) >= 11 is 3.30. The minimum Gasteiger partial charge on any atom is -0.459 e. The summed E-state index contributed by atoms with van der Waals surface area (Å²) in [5.74, 6) is -1.82. The lowest BCUT2D eigenvalue weighted by Crippen LogP contribution is -2.61. The van der Waals surface area contributed by atoms with Gasteiger partial charge >= 0.3 is 17.9 Å². The van der Waals surface area contributed by atoms with Gasteiger partial charge in [0.05, 0.1) is 25.9 Å². The molecule has 3 aromatic carbocycles. The second kappa shape index (κ2) is 14.7. The summed E-state index contributed by atoms with van der Waals surface area (Å²) in [4.78, 5) is 39.0. The van der Waals surface area contributed by atoms with E-state index in [0.29, 0.717) is 16.7 Å². The number of esters is 3.